The molecule has 1 amide bonds. The van der Waals surface area contributed by atoms with Crippen LogP contribution in [0.15, 0.2) is 0 Å². The number of rotatable bonds is 5. The molecule has 1 saturated carbocycles. The van der Waals surface area contributed by atoms with Crippen LogP contribution in [0.4, 0.5) is 0 Å². The lowest BCUT2D eigenvalue weighted by atomic mass is 10.00. The van der Waals surface area contributed by atoms with Gasteiger partial charge in [0, 0.05) is 6.42 Å². The van der Waals surface area contributed by atoms with Crippen LogP contribution >= 0.6 is 0 Å². The molecule has 0 radical (unpaired) electrons. The molecule has 1 aliphatic rings. The molecule has 1 unspecified atom stereocenters. The third-order valence-corrected chi connectivity index (χ3v) is 2.74. The average molecular weight is 185 g/mol. The van der Waals surface area contributed by atoms with Crippen molar-refractivity contribution >= 4 is 5.91 Å². The number of carbonyl (C=O) groups is 1. The average Bonchev–Trinajstić information content (AvgIpc) is 2.88. The van der Waals surface area contributed by atoms with E-state index >= 15 is 0 Å². The summed E-state index contributed by atoms with van der Waals surface area (Å²) in [7, 11) is 0. The van der Waals surface area contributed by atoms with Gasteiger partial charge in [-0.2, -0.15) is 0 Å². The Morgan fingerprint density at radius 3 is 2.62 bits per heavy atom. The van der Waals surface area contributed by atoms with Crippen molar-refractivity contribution in [3.8, 4) is 0 Å². The van der Waals surface area contributed by atoms with Crippen molar-refractivity contribution in [2.24, 2.45) is 5.92 Å². The molecule has 3 nitrogen and oxygen atoms in total. The van der Waals surface area contributed by atoms with Gasteiger partial charge in [-0.25, -0.2) is 0 Å². The monoisotopic (exact) mass is 185 g/mol. The molecule has 0 aromatic carbocycles. The summed E-state index contributed by atoms with van der Waals surface area (Å²) in [5, 5.41) is 11.9. The molecular formula is C10H19NO2. The van der Waals surface area contributed by atoms with Crippen LogP contribution in [0.25, 0.3) is 0 Å². The second kappa shape index (κ2) is 4.09. The van der Waals surface area contributed by atoms with Gasteiger partial charge < -0.3 is 10.4 Å². The first kappa shape index (κ1) is 10.5. The Labute approximate surface area is 79.5 Å². The van der Waals surface area contributed by atoms with Crippen molar-refractivity contribution in [1.82, 2.24) is 5.32 Å². The minimum absolute atomic E-state index is 0.0138. The summed E-state index contributed by atoms with van der Waals surface area (Å²) in [5.74, 6) is 0.695. The maximum atomic E-state index is 11.4. The molecule has 3 heteroatoms. The number of aliphatic hydroxyl groups is 1. The molecule has 1 aliphatic carbocycles. The molecule has 0 bridgehead atoms. The predicted octanol–water partition coefficient (Wildman–Crippen LogP) is 1.06. The van der Waals surface area contributed by atoms with Crippen molar-refractivity contribution in [2.75, 3.05) is 6.61 Å². The molecule has 76 valence electrons. The minimum atomic E-state index is -0.425. The molecule has 0 heterocycles. The van der Waals surface area contributed by atoms with Crippen LogP contribution in [0.3, 0.4) is 0 Å². The molecule has 1 rings (SSSR count). The van der Waals surface area contributed by atoms with E-state index in [2.05, 4.69) is 5.32 Å². The lowest BCUT2D eigenvalue weighted by Gasteiger charge is -2.27. The topological polar surface area (TPSA) is 49.3 Å². The van der Waals surface area contributed by atoms with Gasteiger partial charge in [-0.05, 0) is 32.1 Å². The second-order valence-electron chi connectivity index (χ2n) is 4.27. The fourth-order valence-electron chi connectivity index (χ4n) is 1.21. The summed E-state index contributed by atoms with van der Waals surface area (Å²) in [6.07, 6.45) is 3.78. The van der Waals surface area contributed by atoms with E-state index < -0.39 is 5.54 Å². The predicted molar refractivity (Wildman–Crippen MR) is 51.3 cm³/mol. The Morgan fingerprint density at radius 1 is 1.62 bits per heavy atom. The molecule has 0 spiro atoms. The Hall–Kier alpha value is -0.570. The fraction of sp³-hybridized carbons (Fsp3) is 0.900. The van der Waals surface area contributed by atoms with Gasteiger partial charge in [0.25, 0.3) is 0 Å². The molecule has 1 atom stereocenters. The largest absolute Gasteiger partial charge is 0.394 e. The highest BCUT2D eigenvalue weighted by Gasteiger charge is 2.28. The standard InChI is InChI=1S/C10H19NO2/c1-3-10(2,7-12)11-9(13)6-8-4-5-8/h8,12H,3-7H2,1-2H3,(H,11,13). The van der Waals surface area contributed by atoms with E-state index in [1.807, 2.05) is 13.8 Å². The number of nitrogens with one attached hydrogen (secondary N) is 1. The number of hydrogen-bond acceptors (Lipinski definition) is 2. The van der Waals surface area contributed by atoms with Crippen LogP contribution in [0.2, 0.25) is 0 Å². The van der Waals surface area contributed by atoms with Gasteiger partial charge in [0.2, 0.25) is 5.91 Å². The maximum Gasteiger partial charge on any atom is 0.220 e. The SMILES string of the molecule is CCC(C)(CO)NC(=O)CC1CC1. The summed E-state index contributed by atoms with van der Waals surface area (Å²) in [4.78, 5) is 11.4. The summed E-state index contributed by atoms with van der Waals surface area (Å²) in [6, 6.07) is 0. The first-order valence-electron chi connectivity index (χ1n) is 5.01. The van der Waals surface area contributed by atoms with Crippen molar-refractivity contribution in [3.63, 3.8) is 0 Å². The van der Waals surface area contributed by atoms with Crippen LogP contribution in [0.5, 0.6) is 0 Å². The molecule has 0 aromatic rings. The lowest BCUT2D eigenvalue weighted by molar-refractivity contribution is -0.123. The zero-order valence-corrected chi connectivity index (χ0v) is 8.47. The van der Waals surface area contributed by atoms with Crippen LogP contribution < -0.4 is 5.32 Å². The quantitative estimate of drug-likeness (QED) is 0.673. The van der Waals surface area contributed by atoms with Crippen molar-refractivity contribution in [2.45, 2.75) is 45.1 Å². The van der Waals surface area contributed by atoms with Crippen molar-refractivity contribution in [3.05, 3.63) is 0 Å². The molecule has 1 fully saturated rings. The maximum absolute atomic E-state index is 11.4. The number of carbonyl (C=O) groups excluding carboxylic acids is 1. The van der Waals surface area contributed by atoms with Gasteiger partial charge in [0.05, 0.1) is 12.1 Å². The number of amides is 1. The molecule has 0 aliphatic heterocycles. The van der Waals surface area contributed by atoms with E-state index in [0.29, 0.717) is 12.3 Å². The summed E-state index contributed by atoms with van der Waals surface area (Å²) in [5.41, 5.74) is -0.425. The number of hydrogen-bond donors (Lipinski definition) is 2. The van der Waals surface area contributed by atoms with Gasteiger partial charge >= 0.3 is 0 Å². The summed E-state index contributed by atoms with van der Waals surface area (Å²) >= 11 is 0. The van der Waals surface area contributed by atoms with Crippen molar-refractivity contribution < 1.29 is 9.90 Å². The van der Waals surface area contributed by atoms with E-state index in [1.54, 1.807) is 0 Å². The highest BCUT2D eigenvalue weighted by atomic mass is 16.3. The zero-order valence-electron chi connectivity index (χ0n) is 8.47. The molecule has 2 N–H and O–H groups in total. The third-order valence-electron chi connectivity index (χ3n) is 2.74. The minimum Gasteiger partial charge on any atom is -0.394 e. The van der Waals surface area contributed by atoms with E-state index in [9.17, 15) is 4.79 Å². The lowest BCUT2D eigenvalue weighted by Crippen LogP contribution is -2.48. The van der Waals surface area contributed by atoms with Crippen LogP contribution in [0.1, 0.15) is 39.5 Å². The molecule has 0 aromatic heterocycles. The molecular weight excluding hydrogens is 166 g/mol. The Bertz CT molecular complexity index is 183. The second-order valence-corrected chi connectivity index (χ2v) is 4.27. The highest BCUT2D eigenvalue weighted by molar-refractivity contribution is 5.77. The Kier molecular flexibility index (Phi) is 3.31. The fourth-order valence-corrected chi connectivity index (χ4v) is 1.21. The first-order chi connectivity index (χ1) is 6.09. The number of aliphatic hydroxyl groups excluding tert-OH is 1. The summed E-state index contributed by atoms with van der Waals surface area (Å²) < 4.78 is 0. The normalized spacial score (nSPS) is 20.8. The van der Waals surface area contributed by atoms with Crippen molar-refractivity contribution in [1.29, 1.82) is 0 Å². The molecule has 13 heavy (non-hydrogen) atoms. The zero-order chi connectivity index (χ0) is 9.90. The summed E-state index contributed by atoms with van der Waals surface area (Å²) in [6.45, 7) is 3.85. The third kappa shape index (κ3) is 3.35. The van der Waals surface area contributed by atoms with Gasteiger partial charge in [-0.1, -0.05) is 6.92 Å². The van der Waals surface area contributed by atoms with Gasteiger partial charge in [-0.3, -0.25) is 4.79 Å². The van der Waals surface area contributed by atoms with Crippen LogP contribution in [-0.4, -0.2) is 23.2 Å². The smallest absolute Gasteiger partial charge is 0.220 e. The van der Waals surface area contributed by atoms with Gasteiger partial charge in [0.1, 0.15) is 0 Å². The Balaban J connectivity index is 2.31. The van der Waals surface area contributed by atoms with Crippen LogP contribution in [-0.2, 0) is 4.79 Å². The Morgan fingerprint density at radius 2 is 2.23 bits per heavy atom. The van der Waals surface area contributed by atoms with E-state index in [0.717, 1.165) is 6.42 Å². The highest BCUT2D eigenvalue weighted by Crippen LogP contribution is 2.32. The van der Waals surface area contributed by atoms with E-state index in [-0.39, 0.29) is 12.5 Å². The van der Waals surface area contributed by atoms with Crippen LogP contribution in [0, 0.1) is 5.92 Å². The van der Waals surface area contributed by atoms with Gasteiger partial charge in [0.15, 0.2) is 0 Å². The molecule has 0 saturated heterocycles. The first-order valence-corrected chi connectivity index (χ1v) is 5.01. The van der Waals surface area contributed by atoms with E-state index in [4.69, 9.17) is 5.11 Å². The van der Waals surface area contributed by atoms with Gasteiger partial charge in [-0.15, -0.1) is 0 Å². The van der Waals surface area contributed by atoms with E-state index in [1.165, 1.54) is 12.8 Å².